The maximum atomic E-state index is 12.4. The van der Waals surface area contributed by atoms with Crippen molar-refractivity contribution in [2.24, 2.45) is 5.92 Å². The molecule has 1 N–H and O–H groups in total. The molecule has 4 rings (SSSR count). The van der Waals surface area contributed by atoms with E-state index in [0.717, 1.165) is 50.4 Å². The van der Waals surface area contributed by atoms with E-state index in [1.807, 2.05) is 30.3 Å². The minimum atomic E-state index is -0.322. The number of nitrogens with one attached hydrogen (secondary N) is 1. The van der Waals surface area contributed by atoms with E-state index in [0.29, 0.717) is 12.5 Å². The van der Waals surface area contributed by atoms with Crippen LogP contribution in [0.1, 0.15) is 24.3 Å². The highest BCUT2D eigenvalue weighted by molar-refractivity contribution is 5.81. The molecule has 0 aromatic carbocycles. The lowest BCUT2D eigenvalue weighted by Crippen LogP contribution is -2.42. The molecule has 6 heteroatoms. The zero-order valence-electron chi connectivity index (χ0n) is 14.8. The SMILES string of the molecule is O=C(NCCc1ccccn1)[C@@H]1C[C@H]2CCN(Cc3ccco3)C[C@H]2O1. The van der Waals surface area contributed by atoms with Gasteiger partial charge in [-0.05, 0) is 49.6 Å². The van der Waals surface area contributed by atoms with Crippen LogP contribution in [0.3, 0.4) is 0 Å². The molecule has 2 saturated heterocycles. The third-order valence-corrected chi connectivity index (χ3v) is 5.29. The first-order valence-electron chi connectivity index (χ1n) is 9.36. The fourth-order valence-corrected chi connectivity index (χ4v) is 3.90. The van der Waals surface area contributed by atoms with Crippen LogP contribution in [0.25, 0.3) is 0 Å². The number of piperidine rings is 1. The lowest BCUT2D eigenvalue weighted by Gasteiger charge is -2.33. The molecule has 0 saturated carbocycles. The summed E-state index contributed by atoms with van der Waals surface area (Å²) in [5, 5.41) is 3.00. The second kappa shape index (κ2) is 8.01. The number of furan rings is 1. The van der Waals surface area contributed by atoms with Crippen LogP contribution in [0.2, 0.25) is 0 Å². The van der Waals surface area contributed by atoms with Gasteiger partial charge in [0.2, 0.25) is 5.91 Å². The number of carbonyl (C=O) groups is 1. The van der Waals surface area contributed by atoms with Crippen molar-refractivity contribution in [2.75, 3.05) is 19.6 Å². The fourth-order valence-electron chi connectivity index (χ4n) is 3.90. The predicted octanol–water partition coefficient (Wildman–Crippen LogP) is 2.01. The molecule has 0 bridgehead atoms. The summed E-state index contributed by atoms with van der Waals surface area (Å²) in [6.07, 6.45) is 5.94. The highest BCUT2D eigenvalue weighted by atomic mass is 16.5. The fraction of sp³-hybridized carbons (Fsp3) is 0.500. The molecule has 2 aliphatic heterocycles. The first-order chi connectivity index (χ1) is 12.8. The Kier molecular flexibility index (Phi) is 5.32. The number of hydrogen-bond acceptors (Lipinski definition) is 5. The number of likely N-dealkylation sites (tertiary alicyclic amines) is 1. The molecule has 0 spiro atoms. The number of amides is 1. The van der Waals surface area contributed by atoms with Gasteiger partial charge in [-0.15, -0.1) is 0 Å². The molecule has 138 valence electrons. The number of ether oxygens (including phenoxy) is 1. The lowest BCUT2D eigenvalue weighted by molar-refractivity contribution is -0.132. The monoisotopic (exact) mass is 355 g/mol. The van der Waals surface area contributed by atoms with Crippen molar-refractivity contribution in [3.05, 3.63) is 54.2 Å². The molecule has 26 heavy (non-hydrogen) atoms. The summed E-state index contributed by atoms with van der Waals surface area (Å²) >= 11 is 0. The molecule has 0 radical (unpaired) electrons. The zero-order valence-corrected chi connectivity index (χ0v) is 14.8. The van der Waals surface area contributed by atoms with Crippen LogP contribution in [0, 0.1) is 5.92 Å². The van der Waals surface area contributed by atoms with E-state index < -0.39 is 0 Å². The van der Waals surface area contributed by atoms with Gasteiger partial charge in [0.1, 0.15) is 11.9 Å². The van der Waals surface area contributed by atoms with Crippen molar-refractivity contribution in [1.82, 2.24) is 15.2 Å². The van der Waals surface area contributed by atoms with Crippen LogP contribution in [0.5, 0.6) is 0 Å². The standard InChI is InChI=1S/C20H25N3O3/c24-20(22-9-6-16-4-1-2-8-21-16)18-12-15-7-10-23(14-19(15)26-18)13-17-5-3-11-25-17/h1-5,8,11,15,18-19H,6-7,9-10,12-14H2,(H,22,24)/t15-,18+,19-/m1/s1. The second-order valence-electron chi connectivity index (χ2n) is 7.12. The van der Waals surface area contributed by atoms with Crippen molar-refractivity contribution < 1.29 is 13.9 Å². The van der Waals surface area contributed by atoms with Crippen LogP contribution in [-0.2, 0) is 22.5 Å². The quantitative estimate of drug-likeness (QED) is 0.859. The first kappa shape index (κ1) is 17.2. The average Bonchev–Trinajstić information content (AvgIpc) is 3.32. The van der Waals surface area contributed by atoms with E-state index >= 15 is 0 Å². The molecule has 4 heterocycles. The van der Waals surface area contributed by atoms with E-state index in [1.165, 1.54) is 0 Å². The van der Waals surface area contributed by atoms with E-state index in [9.17, 15) is 4.79 Å². The summed E-state index contributed by atoms with van der Waals surface area (Å²) in [7, 11) is 0. The van der Waals surface area contributed by atoms with Crippen molar-refractivity contribution in [1.29, 1.82) is 0 Å². The highest BCUT2D eigenvalue weighted by Gasteiger charge is 2.41. The number of nitrogens with zero attached hydrogens (tertiary/aromatic N) is 2. The molecule has 0 aliphatic carbocycles. The van der Waals surface area contributed by atoms with Crippen molar-refractivity contribution in [3.63, 3.8) is 0 Å². The third-order valence-electron chi connectivity index (χ3n) is 5.29. The Morgan fingerprint density at radius 1 is 1.31 bits per heavy atom. The Morgan fingerprint density at radius 2 is 2.27 bits per heavy atom. The summed E-state index contributed by atoms with van der Waals surface area (Å²) < 4.78 is 11.5. The largest absolute Gasteiger partial charge is 0.468 e. The van der Waals surface area contributed by atoms with E-state index in [4.69, 9.17) is 9.15 Å². The van der Waals surface area contributed by atoms with Crippen LogP contribution >= 0.6 is 0 Å². The third kappa shape index (κ3) is 4.14. The maximum Gasteiger partial charge on any atom is 0.249 e. The summed E-state index contributed by atoms with van der Waals surface area (Å²) in [5.41, 5.74) is 0.988. The molecular weight excluding hydrogens is 330 g/mol. The zero-order chi connectivity index (χ0) is 17.8. The minimum Gasteiger partial charge on any atom is -0.468 e. The number of aromatic nitrogens is 1. The van der Waals surface area contributed by atoms with Gasteiger partial charge in [-0.2, -0.15) is 0 Å². The second-order valence-corrected chi connectivity index (χ2v) is 7.12. The number of hydrogen-bond donors (Lipinski definition) is 1. The normalized spacial score (nSPS) is 25.8. The lowest BCUT2D eigenvalue weighted by atomic mass is 9.91. The number of carbonyl (C=O) groups excluding carboxylic acids is 1. The van der Waals surface area contributed by atoms with Gasteiger partial charge in [-0.1, -0.05) is 6.07 Å². The molecule has 0 unspecified atom stereocenters. The molecule has 3 atom stereocenters. The van der Waals surface area contributed by atoms with E-state index in [2.05, 4.69) is 15.2 Å². The summed E-state index contributed by atoms with van der Waals surface area (Å²) in [5.74, 6) is 1.47. The molecule has 6 nitrogen and oxygen atoms in total. The Morgan fingerprint density at radius 3 is 3.08 bits per heavy atom. The summed E-state index contributed by atoms with van der Waals surface area (Å²) in [6, 6.07) is 9.74. The van der Waals surface area contributed by atoms with Gasteiger partial charge in [-0.25, -0.2) is 0 Å². The van der Waals surface area contributed by atoms with Crippen LogP contribution < -0.4 is 5.32 Å². The van der Waals surface area contributed by atoms with Crippen LogP contribution in [0.4, 0.5) is 0 Å². The van der Waals surface area contributed by atoms with Gasteiger partial charge >= 0.3 is 0 Å². The van der Waals surface area contributed by atoms with Crippen molar-refractivity contribution in [3.8, 4) is 0 Å². The Bertz CT molecular complexity index is 704. The van der Waals surface area contributed by atoms with E-state index in [1.54, 1.807) is 12.5 Å². The molecular formula is C20H25N3O3. The molecule has 1 amide bonds. The number of fused-ring (bicyclic) bond motifs is 1. The van der Waals surface area contributed by atoms with Gasteiger partial charge in [0.15, 0.2) is 0 Å². The first-order valence-corrected chi connectivity index (χ1v) is 9.36. The average molecular weight is 355 g/mol. The molecule has 2 aromatic rings. The summed E-state index contributed by atoms with van der Waals surface area (Å²) in [6.45, 7) is 3.29. The number of pyridine rings is 1. The smallest absolute Gasteiger partial charge is 0.249 e. The summed E-state index contributed by atoms with van der Waals surface area (Å²) in [4.78, 5) is 19.1. The Labute approximate surface area is 153 Å². The van der Waals surface area contributed by atoms with Gasteiger partial charge in [-0.3, -0.25) is 14.7 Å². The van der Waals surface area contributed by atoms with Crippen LogP contribution in [0.15, 0.2) is 47.2 Å². The maximum absolute atomic E-state index is 12.4. The highest BCUT2D eigenvalue weighted by Crippen LogP contribution is 2.33. The molecule has 2 fully saturated rings. The van der Waals surface area contributed by atoms with Gasteiger partial charge < -0.3 is 14.5 Å². The molecule has 2 aromatic heterocycles. The van der Waals surface area contributed by atoms with Crippen molar-refractivity contribution in [2.45, 2.75) is 38.0 Å². The topological polar surface area (TPSA) is 67.6 Å². The van der Waals surface area contributed by atoms with Crippen LogP contribution in [-0.4, -0.2) is 47.6 Å². The Balaban J connectivity index is 1.23. The van der Waals surface area contributed by atoms with E-state index in [-0.39, 0.29) is 18.1 Å². The van der Waals surface area contributed by atoms with Gasteiger partial charge in [0, 0.05) is 31.4 Å². The number of rotatable bonds is 6. The minimum absolute atomic E-state index is 0.00733. The van der Waals surface area contributed by atoms with Gasteiger partial charge in [0.25, 0.3) is 0 Å². The predicted molar refractivity (Wildman–Crippen MR) is 96.3 cm³/mol. The van der Waals surface area contributed by atoms with Gasteiger partial charge in [0.05, 0.1) is 18.9 Å². The Hall–Kier alpha value is -2.18. The molecule has 2 aliphatic rings. The van der Waals surface area contributed by atoms with Crippen molar-refractivity contribution >= 4 is 5.91 Å².